The zero-order valence-electron chi connectivity index (χ0n) is 9.45. The molecule has 0 amide bonds. The molecule has 0 fully saturated rings. The number of halogens is 1. The van der Waals surface area contributed by atoms with Crippen LogP contribution >= 0.6 is 0 Å². The Balaban J connectivity index is 2.89. The van der Waals surface area contributed by atoms with Gasteiger partial charge in [-0.3, -0.25) is 0 Å². The lowest BCUT2D eigenvalue weighted by molar-refractivity contribution is 0.404. The molecule has 0 unspecified atom stereocenters. The van der Waals surface area contributed by atoms with Crippen LogP contribution in [0.3, 0.4) is 0 Å². The molecule has 0 aliphatic rings. The van der Waals surface area contributed by atoms with Crippen molar-refractivity contribution in [3.8, 4) is 0 Å². The maximum absolute atomic E-state index is 13.7. The number of hydrogen-bond acceptors (Lipinski definition) is 4. The van der Waals surface area contributed by atoms with E-state index in [0.29, 0.717) is 5.65 Å². The molecule has 5 nitrogen and oxygen atoms in total. The summed E-state index contributed by atoms with van der Waals surface area (Å²) in [5.41, 5.74) is 11.3. The van der Waals surface area contributed by atoms with Gasteiger partial charge in [-0.25, -0.2) is 4.39 Å². The Bertz CT molecular complexity index is 552. The molecule has 0 radical (unpaired) electrons. The van der Waals surface area contributed by atoms with Crippen molar-refractivity contribution in [2.45, 2.75) is 26.3 Å². The number of anilines is 2. The molecule has 0 aliphatic carbocycles. The quantitative estimate of drug-likeness (QED) is 0.708. The lowest BCUT2D eigenvalue weighted by Crippen LogP contribution is -2.21. The maximum Gasteiger partial charge on any atom is 0.223 e. The van der Waals surface area contributed by atoms with Crippen molar-refractivity contribution in [1.82, 2.24) is 14.5 Å². The maximum atomic E-state index is 13.7. The van der Waals surface area contributed by atoms with Crippen LogP contribution in [0.1, 0.15) is 20.8 Å². The Morgan fingerprint density at radius 1 is 1.25 bits per heavy atom. The minimum Gasteiger partial charge on any atom is -0.383 e. The highest BCUT2D eigenvalue weighted by atomic mass is 19.1. The van der Waals surface area contributed by atoms with Crippen molar-refractivity contribution in [1.29, 1.82) is 0 Å². The van der Waals surface area contributed by atoms with Gasteiger partial charge in [0.2, 0.25) is 5.95 Å². The molecule has 0 aromatic carbocycles. The minimum absolute atomic E-state index is 0.0496. The standard InChI is InChI=1S/C10H14FN5/c1-10(2,3)16-4-5(11)6-7(12)14-9(13)15-8(6)16/h4H,1-3H3,(H4,12,13,14,15). The van der Waals surface area contributed by atoms with Crippen molar-refractivity contribution in [3.63, 3.8) is 0 Å². The third-order valence-corrected chi connectivity index (χ3v) is 2.37. The Labute approximate surface area is 92.3 Å². The SMILES string of the molecule is CC(C)(C)n1cc(F)c2c(N)nc(N)nc21. The Morgan fingerprint density at radius 3 is 2.44 bits per heavy atom. The van der Waals surface area contributed by atoms with E-state index in [0.717, 1.165) is 0 Å². The van der Waals surface area contributed by atoms with E-state index >= 15 is 0 Å². The van der Waals surface area contributed by atoms with Gasteiger partial charge in [0, 0.05) is 11.7 Å². The van der Waals surface area contributed by atoms with E-state index in [1.54, 1.807) is 4.57 Å². The van der Waals surface area contributed by atoms with Gasteiger partial charge in [-0.15, -0.1) is 0 Å². The van der Waals surface area contributed by atoms with Crippen molar-refractivity contribution >= 4 is 22.8 Å². The summed E-state index contributed by atoms with van der Waals surface area (Å²) >= 11 is 0. The van der Waals surface area contributed by atoms with Crippen LogP contribution in [-0.2, 0) is 5.54 Å². The fourth-order valence-electron chi connectivity index (χ4n) is 1.64. The van der Waals surface area contributed by atoms with Crippen LogP contribution in [0.5, 0.6) is 0 Å². The Morgan fingerprint density at radius 2 is 1.88 bits per heavy atom. The minimum atomic E-state index is -0.428. The first-order valence-corrected chi connectivity index (χ1v) is 4.90. The molecule has 2 aromatic heterocycles. The van der Waals surface area contributed by atoms with Gasteiger partial charge >= 0.3 is 0 Å². The summed E-state index contributed by atoms with van der Waals surface area (Å²) in [7, 11) is 0. The monoisotopic (exact) mass is 223 g/mol. The molecule has 2 aromatic rings. The van der Waals surface area contributed by atoms with Crippen molar-refractivity contribution in [2.24, 2.45) is 0 Å². The molecule has 4 N–H and O–H groups in total. The first kappa shape index (κ1) is 10.7. The van der Waals surface area contributed by atoms with Crippen LogP contribution in [0, 0.1) is 5.82 Å². The molecule has 16 heavy (non-hydrogen) atoms. The van der Waals surface area contributed by atoms with E-state index in [4.69, 9.17) is 11.5 Å². The van der Waals surface area contributed by atoms with Gasteiger partial charge in [0.15, 0.2) is 11.5 Å². The number of nitrogens with two attached hydrogens (primary N) is 2. The largest absolute Gasteiger partial charge is 0.383 e. The molecular formula is C10H14FN5. The third kappa shape index (κ3) is 1.46. The molecule has 0 spiro atoms. The summed E-state index contributed by atoms with van der Waals surface area (Å²) in [6.45, 7) is 5.83. The van der Waals surface area contributed by atoms with Gasteiger partial charge in [-0.1, -0.05) is 0 Å². The summed E-state index contributed by atoms with van der Waals surface area (Å²) in [6.07, 6.45) is 1.37. The summed E-state index contributed by atoms with van der Waals surface area (Å²) < 4.78 is 15.4. The zero-order chi connectivity index (χ0) is 12.1. The van der Waals surface area contributed by atoms with Gasteiger partial charge in [-0.05, 0) is 20.8 Å². The molecule has 0 bridgehead atoms. The van der Waals surface area contributed by atoms with E-state index in [2.05, 4.69) is 9.97 Å². The number of fused-ring (bicyclic) bond motifs is 1. The predicted octanol–water partition coefficient (Wildman–Crippen LogP) is 1.49. The summed E-state index contributed by atoms with van der Waals surface area (Å²) in [5.74, 6) is -0.306. The topological polar surface area (TPSA) is 82.8 Å². The molecule has 6 heteroatoms. The first-order chi connectivity index (χ1) is 7.30. The summed E-state index contributed by atoms with van der Waals surface area (Å²) in [4.78, 5) is 7.78. The Kier molecular flexibility index (Phi) is 2.04. The number of nitrogens with zero attached hydrogens (tertiary/aromatic N) is 3. The average molecular weight is 223 g/mol. The van der Waals surface area contributed by atoms with E-state index in [9.17, 15) is 4.39 Å². The second-order valence-electron chi connectivity index (χ2n) is 4.68. The van der Waals surface area contributed by atoms with Crippen molar-refractivity contribution in [2.75, 3.05) is 11.5 Å². The molecule has 0 saturated heterocycles. The molecular weight excluding hydrogens is 209 g/mol. The highest BCUT2D eigenvalue weighted by Gasteiger charge is 2.21. The lowest BCUT2D eigenvalue weighted by atomic mass is 10.1. The Hall–Kier alpha value is -1.85. The van der Waals surface area contributed by atoms with Crippen LogP contribution in [0.4, 0.5) is 16.2 Å². The number of nitrogen functional groups attached to an aromatic ring is 2. The normalized spacial score (nSPS) is 12.2. The van der Waals surface area contributed by atoms with E-state index in [1.807, 2.05) is 20.8 Å². The molecule has 2 heterocycles. The third-order valence-electron chi connectivity index (χ3n) is 2.37. The summed E-state index contributed by atoms with van der Waals surface area (Å²) in [5, 5.41) is 0.226. The summed E-state index contributed by atoms with van der Waals surface area (Å²) in [6, 6.07) is 0. The highest BCUT2D eigenvalue weighted by Crippen LogP contribution is 2.28. The smallest absolute Gasteiger partial charge is 0.223 e. The van der Waals surface area contributed by atoms with Gasteiger partial charge in [0.05, 0.1) is 5.39 Å². The van der Waals surface area contributed by atoms with Crippen molar-refractivity contribution < 1.29 is 4.39 Å². The zero-order valence-corrected chi connectivity index (χ0v) is 9.45. The number of hydrogen-bond donors (Lipinski definition) is 2. The molecule has 86 valence electrons. The van der Waals surface area contributed by atoms with Gasteiger partial charge in [0.1, 0.15) is 5.82 Å². The fourth-order valence-corrected chi connectivity index (χ4v) is 1.64. The van der Waals surface area contributed by atoms with Crippen LogP contribution in [0.25, 0.3) is 11.0 Å². The average Bonchev–Trinajstić information content (AvgIpc) is 2.41. The number of aromatic nitrogens is 3. The molecule has 0 atom stereocenters. The van der Waals surface area contributed by atoms with E-state index < -0.39 is 5.82 Å². The van der Waals surface area contributed by atoms with Gasteiger partial charge in [0.25, 0.3) is 0 Å². The van der Waals surface area contributed by atoms with Gasteiger partial charge in [-0.2, -0.15) is 9.97 Å². The molecule has 2 rings (SSSR count). The highest BCUT2D eigenvalue weighted by molar-refractivity contribution is 5.88. The van der Waals surface area contributed by atoms with Crippen LogP contribution in [0.15, 0.2) is 6.20 Å². The number of rotatable bonds is 0. The van der Waals surface area contributed by atoms with Crippen LogP contribution < -0.4 is 11.5 Å². The second kappa shape index (κ2) is 3.07. The first-order valence-electron chi connectivity index (χ1n) is 4.90. The van der Waals surface area contributed by atoms with Gasteiger partial charge < -0.3 is 16.0 Å². The second-order valence-corrected chi connectivity index (χ2v) is 4.68. The van der Waals surface area contributed by atoms with E-state index in [-0.39, 0.29) is 22.7 Å². The van der Waals surface area contributed by atoms with Crippen LogP contribution in [-0.4, -0.2) is 14.5 Å². The lowest BCUT2D eigenvalue weighted by Gasteiger charge is -2.21. The predicted molar refractivity (Wildman–Crippen MR) is 61.3 cm³/mol. The molecule has 0 aliphatic heterocycles. The fraction of sp³-hybridized carbons (Fsp3) is 0.400. The van der Waals surface area contributed by atoms with Crippen LogP contribution in [0.2, 0.25) is 0 Å². The van der Waals surface area contributed by atoms with Crippen molar-refractivity contribution in [3.05, 3.63) is 12.0 Å². The van der Waals surface area contributed by atoms with E-state index in [1.165, 1.54) is 6.20 Å². The molecule has 0 saturated carbocycles.